The van der Waals surface area contributed by atoms with E-state index in [1.165, 1.54) is 18.4 Å². The number of nitrogens with zero attached hydrogens (tertiary/aromatic N) is 1. The highest BCUT2D eigenvalue weighted by Crippen LogP contribution is 2.28. The van der Waals surface area contributed by atoms with Crippen molar-refractivity contribution in [2.45, 2.75) is 39.0 Å². The molecular weight excluding hydrogens is 198 g/mol. The molecule has 2 nitrogen and oxygen atoms in total. The molecule has 1 aliphatic carbocycles. The molecule has 0 aromatic heterocycles. The number of allylic oxidation sites excluding steroid dienone is 4. The highest BCUT2D eigenvalue weighted by molar-refractivity contribution is 5.75. The average molecular weight is 219 g/mol. The van der Waals surface area contributed by atoms with Crippen molar-refractivity contribution in [3.63, 3.8) is 0 Å². The van der Waals surface area contributed by atoms with Gasteiger partial charge in [0.05, 0.1) is 0 Å². The van der Waals surface area contributed by atoms with Crippen molar-refractivity contribution in [1.82, 2.24) is 4.90 Å². The molecule has 0 bridgehead atoms. The first-order valence-electron chi connectivity index (χ1n) is 6.45. The molecule has 2 heteroatoms. The van der Waals surface area contributed by atoms with Crippen LogP contribution in [0.5, 0.6) is 0 Å². The number of hydrogen-bond acceptors (Lipinski definition) is 1. The number of rotatable bonds is 2. The van der Waals surface area contributed by atoms with Crippen LogP contribution in [0.1, 0.15) is 39.0 Å². The van der Waals surface area contributed by atoms with Crippen LogP contribution in [0, 0.1) is 5.92 Å². The normalized spacial score (nSPS) is 22.1. The van der Waals surface area contributed by atoms with Crippen molar-refractivity contribution in [3.8, 4) is 0 Å². The summed E-state index contributed by atoms with van der Waals surface area (Å²) in [4.78, 5) is 13.6. The minimum absolute atomic E-state index is 0.312. The highest BCUT2D eigenvalue weighted by atomic mass is 16.2. The minimum atomic E-state index is 0.312. The van der Waals surface area contributed by atoms with E-state index in [4.69, 9.17) is 0 Å². The van der Waals surface area contributed by atoms with Gasteiger partial charge in [0.2, 0.25) is 5.91 Å². The Morgan fingerprint density at radius 1 is 1.38 bits per heavy atom. The lowest BCUT2D eigenvalue weighted by Gasteiger charge is -2.33. The lowest BCUT2D eigenvalue weighted by molar-refractivity contribution is -0.132. The molecule has 0 unspecified atom stereocenters. The molecule has 0 aromatic carbocycles. The molecule has 0 spiro atoms. The third kappa shape index (κ3) is 2.55. The summed E-state index contributed by atoms with van der Waals surface area (Å²) in [6, 6.07) is 0. The quantitative estimate of drug-likeness (QED) is 0.699. The zero-order valence-corrected chi connectivity index (χ0v) is 10.1. The van der Waals surface area contributed by atoms with Crippen molar-refractivity contribution < 1.29 is 4.79 Å². The van der Waals surface area contributed by atoms with Crippen LogP contribution in [0.2, 0.25) is 0 Å². The zero-order chi connectivity index (χ0) is 11.4. The molecule has 88 valence electrons. The molecular formula is C14H21NO. The van der Waals surface area contributed by atoms with Crippen LogP contribution in [0.25, 0.3) is 0 Å². The first-order valence-corrected chi connectivity index (χ1v) is 6.45. The maximum absolute atomic E-state index is 11.5. The van der Waals surface area contributed by atoms with Gasteiger partial charge in [0, 0.05) is 19.5 Å². The predicted molar refractivity (Wildman–Crippen MR) is 66.1 cm³/mol. The van der Waals surface area contributed by atoms with Gasteiger partial charge >= 0.3 is 0 Å². The molecule has 1 saturated heterocycles. The largest absolute Gasteiger partial charge is 0.343 e. The second-order valence-electron chi connectivity index (χ2n) is 4.69. The number of piperidine rings is 1. The second-order valence-corrected chi connectivity index (χ2v) is 4.69. The molecule has 1 aliphatic heterocycles. The molecule has 1 heterocycles. The molecule has 2 aliphatic rings. The van der Waals surface area contributed by atoms with Gasteiger partial charge in [-0.05, 0) is 37.2 Å². The fourth-order valence-corrected chi connectivity index (χ4v) is 2.62. The first kappa shape index (κ1) is 11.4. The zero-order valence-electron chi connectivity index (χ0n) is 10.1. The average Bonchev–Trinajstić information content (AvgIpc) is 2.39. The Kier molecular flexibility index (Phi) is 3.81. The van der Waals surface area contributed by atoms with Crippen molar-refractivity contribution in [2.24, 2.45) is 5.92 Å². The summed E-state index contributed by atoms with van der Waals surface area (Å²) in [5, 5.41) is 0. The van der Waals surface area contributed by atoms with Gasteiger partial charge in [-0.3, -0.25) is 4.79 Å². The Morgan fingerprint density at radius 3 is 2.69 bits per heavy atom. The van der Waals surface area contributed by atoms with Gasteiger partial charge in [-0.25, -0.2) is 0 Å². The smallest absolute Gasteiger partial charge is 0.222 e. The van der Waals surface area contributed by atoms with Crippen LogP contribution in [0.15, 0.2) is 23.8 Å². The van der Waals surface area contributed by atoms with E-state index >= 15 is 0 Å². The van der Waals surface area contributed by atoms with Crippen molar-refractivity contribution in [1.29, 1.82) is 0 Å². The van der Waals surface area contributed by atoms with E-state index in [0.29, 0.717) is 18.2 Å². The Bertz CT molecular complexity index is 309. The number of hydrogen-bond donors (Lipinski definition) is 0. The number of carbonyl (C=O) groups excluding carboxylic acids is 1. The highest BCUT2D eigenvalue weighted by Gasteiger charge is 2.23. The van der Waals surface area contributed by atoms with Crippen molar-refractivity contribution >= 4 is 5.91 Å². The Morgan fingerprint density at radius 2 is 2.12 bits per heavy atom. The Hall–Kier alpha value is -1.05. The third-order valence-electron chi connectivity index (χ3n) is 3.65. The predicted octanol–water partition coefficient (Wildman–Crippen LogP) is 2.91. The van der Waals surface area contributed by atoms with Gasteiger partial charge in [-0.2, -0.15) is 0 Å². The maximum atomic E-state index is 11.5. The summed E-state index contributed by atoms with van der Waals surface area (Å²) in [7, 11) is 0. The summed E-state index contributed by atoms with van der Waals surface area (Å²) >= 11 is 0. The van der Waals surface area contributed by atoms with E-state index in [0.717, 1.165) is 25.9 Å². The third-order valence-corrected chi connectivity index (χ3v) is 3.65. The van der Waals surface area contributed by atoms with Gasteiger partial charge < -0.3 is 4.90 Å². The molecule has 1 amide bonds. The summed E-state index contributed by atoms with van der Waals surface area (Å²) < 4.78 is 0. The van der Waals surface area contributed by atoms with E-state index in [1.54, 1.807) is 0 Å². The van der Waals surface area contributed by atoms with E-state index in [9.17, 15) is 4.79 Å². The second kappa shape index (κ2) is 5.33. The van der Waals surface area contributed by atoms with Crippen LogP contribution < -0.4 is 0 Å². The number of carbonyl (C=O) groups is 1. The monoisotopic (exact) mass is 219 g/mol. The molecule has 2 rings (SSSR count). The lowest BCUT2D eigenvalue weighted by atomic mass is 9.86. The standard InChI is InChI=1S/C14H21NO/c1-2-14(16)15-10-8-13(9-11-15)12-6-4-3-5-7-12/h4,6-7,13H,2-3,5,8-11H2,1H3. The summed E-state index contributed by atoms with van der Waals surface area (Å²) in [6.45, 7) is 3.84. The first-order chi connectivity index (χ1) is 7.81. The Labute approximate surface area is 98.0 Å². The lowest BCUT2D eigenvalue weighted by Crippen LogP contribution is -2.38. The molecule has 0 aromatic rings. The topological polar surface area (TPSA) is 20.3 Å². The van der Waals surface area contributed by atoms with Crippen LogP contribution in [-0.4, -0.2) is 23.9 Å². The number of likely N-dealkylation sites (tertiary alicyclic amines) is 1. The fraction of sp³-hybridized carbons (Fsp3) is 0.643. The van der Waals surface area contributed by atoms with Crippen LogP contribution in [0.3, 0.4) is 0 Å². The molecule has 0 saturated carbocycles. The summed E-state index contributed by atoms with van der Waals surface area (Å²) in [6.07, 6.45) is 12.3. The SMILES string of the molecule is CCC(=O)N1CCC(C2=CCCC=C2)CC1. The molecule has 0 radical (unpaired) electrons. The minimum Gasteiger partial charge on any atom is -0.343 e. The van der Waals surface area contributed by atoms with Gasteiger partial charge in [0.1, 0.15) is 0 Å². The van der Waals surface area contributed by atoms with Gasteiger partial charge in [-0.15, -0.1) is 0 Å². The van der Waals surface area contributed by atoms with E-state index in [2.05, 4.69) is 18.2 Å². The molecule has 0 atom stereocenters. The van der Waals surface area contributed by atoms with Crippen LogP contribution in [-0.2, 0) is 4.79 Å². The van der Waals surface area contributed by atoms with E-state index in [-0.39, 0.29) is 0 Å². The summed E-state index contributed by atoms with van der Waals surface area (Å²) in [5.74, 6) is 1.00. The number of amides is 1. The van der Waals surface area contributed by atoms with Gasteiger partial charge in [-0.1, -0.05) is 25.2 Å². The van der Waals surface area contributed by atoms with Gasteiger partial charge in [0.25, 0.3) is 0 Å². The van der Waals surface area contributed by atoms with Crippen molar-refractivity contribution in [3.05, 3.63) is 23.8 Å². The van der Waals surface area contributed by atoms with E-state index < -0.39 is 0 Å². The van der Waals surface area contributed by atoms with Gasteiger partial charge in [0.15, 0.2) is 0 Å². The summed E-state index contributed by atoms with van der Waals surface area (Å²) in [5.41, 5.74) is 1.51. The molecule has 16 heavy (non-hydrogen) atoms. The maximum Gasteiger partial charge on any atom is 0.222 e. The van der Waals surface area contributed by atoms with Crippen LogP contribution >= 0.6 is 0 Å². The van der Waals surface area contributed by atoms with Crippen molar-refractivity contribution in [2.75, 3.05) is 13.1 Å². The fourth-order valence-electron chi connectivity index (χ4n) is 2.62. The molecule has 1 fully saturated rings. The van der Waals surface area contributed by atoms with Crippen LogP contribution in [0.4, 0.5) is 0 Å². The molecule has 0 N–H and O–H groups in total. The Balaban J connectivity index is 1.87. The van der Waals surface area contributed by atoms with E-state index in [1.807, 2.05) is 11.8 Å².